The Bertz CT molecular complexity index is 1330. The molecule has 1 amide bonds. The molecule has 3 N–H and O–H groups in total. The number of carbonyl (C=O) groups excluding carboxylic acids is 1. The third-order valence-corrected chi connectivity index (χ3v) is 7.60. The summed E-state index contributed by atoms with van der Waals surface area (Å²) >= 11 is 0. The zero-order valence-electron chi connectivity index (χ0n) is 22.0. The Balaban J connectivity index is 1.40. The van der Waals surface area contributed by atoms with Crippen LogP contribution >= 0.6 is 0 Å². The Kier molecular flexibility index (Phi) is 8.09. The number of aromatic nitrogens is 3. The summed E-state index contributed by atoms with van der Waals surface area (Å²) < 4.78 is 40.8. The molecule has 0 aliphatic heterocycles. The molecular formula is C29H32F3N5O3. The molecule has 3 aromatic rings. The maximum atomic E-state index is 13.1. The molecule has 2 aromatic heterocycles. The molecule has 1 atom stereocenters. The average molecular weight is 556 g/mol. The number of hydrogen-bond donors (Lipinski definition) is 3. The molecule has 2 saturated carbocycles. The van der Waals surface area contributed by atoms with Gasteiger partial charge in [0.1, 0.15) is 0 Å². The van der Waals surface area contributed by atoms with Crippen LogP contribution in [0.25, 0.3) is 5.82 Å². The second-order valence-corrected chi connectivity index (χ2v) is 10.6. The summed E-state index contributed by atoms with van der Waals surface area (Å²) in [5, 5.41) is 19.9. The number of alkyl halides is 3. The fourth-order valence-corrected chi connectivity index (χ4v) is 5.32. The van der Waals surface area contributed by atoms with E-state index in [-0.39, 0.29) is 24.9 Å². The zero-order valence-corrected chi connectivity index (χ0v) is 22.0. The van der Waals surface area contributed by atoms with Crippen molar-refractivity contribution in [3.8, 4) is 5.82 Å². The molecule has 2 aliphatic carbocycles. The fourth-order valence-electron chi connectivity index (χ4n) is 5.32. The predicted molar refractivity (Wildman–Crippen MR) is 142 cm³/mol. The van der Waals surface area contributed by atoms with Crippen LogP contribution in [0.1, 0.15) is 90.5 Å². The second kappa shape index (κ2) is 11.7. The van der Waals surface area contributed by atoms with Gasteiger partial charge in [0, 0.05) is 41.7 Å². The van der Waals surface area contributed by atoms with E-state index in [1.807, 2.05) is 18.3 Å². The van der Waals surface area contributed by atoms with Gasteiger partial charge in [-0.15, -0.1) is 0 Å². The number of carbonyl (C=O) groups is 2. The average Bonchev–Trinajstić information content (AvgIpc) is 3.70. The van der Waals surface area contributed by atoms with Crippen molar-refractivity contribution >= 4 is 17.6 Å². The standard InChI is InChI=1S/C29H32F3N5O3/c30-29(31,32)21-10-13-24(34-16-21)37-17-23(27(36-37)19-6-7-19)26(18-4-2-1-3-5-18)35-22-11-8-20(9-12-22)28(40)33-15-14-25(38)39/h8-13,16-19,26,35H,1-7,14-15H2,(H,33,40)(H,38,39). The Hall–Kier alpha value is -3.89. The summed E-state index contributed by atoms with van der Waals surface area (Å²) in [4.78, 5) is 27.1. The molecule has 40 heavy (non-hydrogen) atoms. The number of carboxylic acids is 1. The largest absolute Gasteiger partial charge is 0.481 e. The Labute approximate surface area is 230 Å². The molecular weight excluding hydrogens is 523 g/mol. The van der Waals surface area contributed by atoms with E-state index < -0.39 is 17.7 Å². The molecule has 1 unspecified atom stereocenters. The summed E-state index contributed by atoms with van der Waals surface area (Å²) in [6, 6.07) is 9.38. The van der Waals surface area contributed by atoms with Crippen LogP contribution in [-0.4, -0.2) is 38.3 Å². The minimum atomic E-state index is -4.45. The van der Waals surface area contributed by atoms with Crippen molar-refractivity contribution < 1.29 is 27.9 Å². The van der Waals surface area contributed by atoms with Gasteiger partial charge < -0.3 is 15.7 Å². The van der Waals surface area contributed by atoms with E-state index in [1.165, 1.54) is 12.5 Å². The second-order valence-electron chi connectivity index (χ2n) is 10.6. The van der Waals surface area contributed by atoms with Crippen molar-refractivity contribution in [1.29, 1.82) is 0 Å². The molecule has 0 spiro atoms. The highest BCUT2D eigenvalue weighted by molar-refractivity contribution is 5.94. The van der Waals surface area contributed by atoms with Crippen LogP contribution < -0.4 is 10.6 Å². The first-order valence-corrected chi connectivity index (χ1v) is 13.7. The van der Waals surface area contributed by atoms with E-state index in [1.54, 1.807) is 16.8 Å². The highest BCUT2D eigenvalue weighted by Gasteiger charge is 2.36. The number of hydrogen-bond acceptors (Lipinski definition) is 5. The smallest absolute Gasteiger partial charge is 0.417 e. The molecule has 11 heteroatoms. The number of nitrogens with zero attached hydrogens (tertiary/aromatic N) is 3. The Morgan fingerprint density at radius 2 is 1.75 bits per heavy atom. The van der Waals surface area contributed by atoms with Gasteiger partial charge in [0.2, 0.25) is 0 Å². The van der Waals surface area contributed by atoms with Gasteiger partial charge in [-0.1, -0.05) is 19.3 Å². The highest BCUT2D eigenvalue weighted by atomic mass is 19.4. The first-order valence-electron chi connectivity index (χ1n) is 13.7. The number of nitrogens with one attached hydrogen (secondary N) is 2. The molecule has 212 valence electrons. The Morgan fingerprint density at radius 1 is 1.02 bits per heavy atom. The number of anilines is 1. The summed E-state index contributed by atoms with van der Waals surface area (Å²) in [5.41, 5.74) is 2.46. The van der Waals surface area contributed by atoms with Gasteiger partial charge in [-0.25, -0.2) is 9.67 Å². The van der Waals surface area contributed by atoms with Gasteiger partial charge in [0.05, 0.1) is 23.7 Å². The zero-order chi connectivity index (χ0) is 28.3. The Morgan fingerprint density at radius 3 is 2.35 bits per heavy atom. The number of halogens is 3. The third-order valence-electron chi connectivity index (χ3n) is 7.60. The quantitative estimate of drug-likeness (QED) is 0.279. The normalized spacial score (nSPS) is 16.9. The summed E-state index contributed by atoms with van der Waals surface area (Å²) in [6.45, 7) is 0.0552. The molecule has 1 aromatic carbocycles. The lowest BCUT2D eigenvalue weighted by atomic mass is 9.80. The lowest BCUT2D eigenvalue weighted by Crippen LogP contribution is -2.26. The topological polar surface area (TPSA) is 109 Å². The SMILES string of the molecule is O=C(O)CCNC(=O)c1ccc(NC(c2cn(-c3ccc(C(F)(F)F)cn3)nc2C2CC2)C2CCCCC2)cc1. The number of amides is 1. The maximum Gasteiger partial charge on any atom is 0.417 e. The van der Waals surface area contributed by atoms with Crippen molar-refractivity contribution in [1.82, 2.24) is 20.1 Å². The summed E-state index contributed by atoms with van der Waals surface area (Å²) in [7, 11) is 0. The third kappa shape index (κ3) is 6.63. The van der Waals surface area contributed by atoms with E-state index >= 15 is 0 Å². The van der Waals surface area contributed by atoms with E-state index in [0.717, 1.165) is 67.7 Å². The molecule has 2 heterocycles. The predicted octanol–water partition coefficient (Wildman–Crippen LogP) is 6.10. The van der Waals surface area contributed by atoms with Gasteiger partial charge in [-0.3, -0.25) is 9.59 Å². The van der Waals surface area contributed by atoms with Gasteiger partial charge in [0.15, 0.2) is 5.82 Å². The summed E-state index contributed by atoms with van der Waals surface area (Å²) in [5.74, 6) is -0.310. The van der Waals surface area contributed by atoms with Gasteiger partial charge >= 0.3 is 12.1 Å². The monoisotopic (exact) mass is 555 g/mol. The van der Waals surface area contributed by atoms with Gasteiger partial charge in [0.25, 0.3) is 5.91 Å². The molecule has 2 aliphatic rings. The van der Waals surface area contributed by atoms with E-state index in [2.05, 4.69) is 15.6 Å². The molecule has 8 nitrogen and oxygen atoms in total. The van der Waals surface area contributed by atoms with Crippen molar-refractivity contribution in [2.24, 2.45) is 5.92 Å². The number of rotatable bonds is 10. The van der Waals surface area contributed by atoms with Crippen LogP contribution in [0, 0.1) is 5.92 Å². The van der Waals surface area contributed by atoms with Crippen LogP contribution in [0.5, 0.6) is 0 Å². The van der Waals surface area contributed by atoms with E-state index in [4.69, 9.17) is 10.2 Å². The van der Waals surface area contributed by atoms with Crippen molar-refractivity contribution in [3.63, 3.8) is 0 Å². The molecule has 0 radical (unpaired) electrons. The molecule has 5 rings (SSSR count). The van der Waals surface area contributed by atoms with E-state index in [0.29, 0.717) is 23.2 Å². The van der Waals surface area contributed by atoms with Crippen molar-refractivity contribution in [3.05, 3.63) is 71.2 Å². The minimum Gasteiger partial charge on any atom is -0.481 e. The molecule has 0 bridgehead atoms. The number of pyridine rings is 1. The maximum absolute atomic E-state index is 13.1. The van der Waals surface area contributed by atoms with Gasteiger partial charge in [-0.05, 0) is 68.0 Å². The fraction of sp³-hybridized carbons (Fsp3) is 0.448. The number of aliphatic carboxylic acids is 1. The van der Waals surface area contributed by atoms with Gasteiger partial charge in [-0.2, -0.15) is 18.3 Å². The number of carboxylic acid groups (broad SMARTS) is 1. The van der Waals surface area contributed by atoms with Crippen LogP contribution in [-0.2, 0) is 11.0 Å². The van der Waals surface area contributed by atoms with Crippen LogP contribution in [0.3, 0.4) is 0 Å². The molecule has 2 fully saturated rings. The van der Waals surface area contributed by atoms with Crippen LogP contribution in [0.15, 0.2) is 48.8 Å². The molecule has 0 saturated heterocycles. The van der Waals surface area contributed by atoms with E-state index in [9.17, 15) is 22.8 Å². The van der Waals surface area contributed by atoms with Crippen molar-refractivity contribution in [2.45, 2.75) is 69.5 Å². The van der Waals surface area contributed by atoms with Crippen molar-refractivity contribution in [2.75, 3.05) is 11.9 Å². The van der Waals surface area contributed by atoms with Crippen LogP contribution in [0.2, 0.25) is 0 Å². The van der Waals surface area contributed by atoms with Crippen LogP contribution in [0.4, 0.5) is 18.9 Å². The minimum absolute atomic E-state index is 0.0552. The first kappa shape index (κ1) is 27.7. The highest BCUT2D eigenvalue weighted by Crippen LogP contribution is 2.46. The lowest BCUT2D eigenvalue weighted by molar-refractivity contribution is -0.138. The lowest BCUT2D eigenvalue weighted by Gasteiger charge is -2.32. The first-order chi connectivity index (χ1) is 19.2. The number of benzene rings is 1. The summed E-state index contributed by atoms with van der Waals surface area (Å²) in [6.07, 6.45) is 5.74.